The van der Waals surface area contributed by atoms with Gasteiger partial charge in [0.15, 0.2) is 0 Å². The Morgan fingerprint density at radius 1 is 0.444 bits per heavy atom. The zero-order valence-corrected chi connectivity index (χ0v) is 45.5. The molecule has 0 saturated carbocycles. The zero-order valence-electron chi connectivity index (χ0n) is 39.6. The predicted molar refractivity (Wildman–Crippen MR) is 283 cm³/mol. The second kappa shape index (κ2) is 16.6. The first-order valence-corrected chi connectivity index (χ1v) is 40.6. The Bertz CT molecular complexity index is 2570. The van der Waals surface area contributed by atoms with Gasteiger partial charge in [0, 0.05) is 0 Å². The van der Waals surface area contributed by atoms with Gasteiger partial charge in [-0.15, -0.1) is 0 Å². The van der Waals surface area contributed by atoms with Crippen molar-refractivity contribution in [1.82, 2.24) is 4.14 Å². The fraction of sp³-hybridized carbons (Fsp3) is 0.286. The summed E-state index contributed by atoms with van der Waals surface area (Å²) in [5.41, 5.74) is 17.6. The molecule has 0 radical (unpaired) electrons. The van der Waals surface area contributed by atoms with E-state index in [1.165, 1.54) is 77.9 Å². The van der Waals surface area contributed by atoms with Crippen LogP contribution in [0.5, 0.6) is 0 Å². The Balaban J connectivity index is 1.50. The van der Waals surface area contributed by atoms with Crippen LogP contribution in [0.15, 0.2) is 146 Å². The number of allylic oxidation sites excluding steroid dienone is 2. The molecule has 63 heavy (non-hydrogen) atoms. The monoisotopic (exact) mass is 978 g/mol. The first kappa shape index (κ1) is 46.3. The van der Waals surface area contributed by atoms with Gasteiger partial charge in [-0.2, -0.15) is 0 Å². The van der Waals surface area contributed by atoms with E-state index in [-0.39, 0.29) is 18.1 Å². The van der Waals surface area contributed by atoms with Crippen LogP contribution < -0.4 is 0 Å². The average molecular weight is 981 g/mol. The number of halogens is 2. The Kier molecular flexibility index (Phi) is 12.2. The van der Waals surface area contributed by atoms with Crippen molar-refractivity contribution in [2.24, 2.45) is 0 Å². The number of hydrogen-bond acceptors (Lipinski definition) is 1. The zero-order chi connectivity index (χ0) is 45.4. The van der Waals surface area contributed by atoms with Gasteiger partial charge in [0.2, 0.25) is 0 Å². The summed E-state index contributed by atoms with van der Waals surface area (Å²) in [5, 5.41) is 0. The van der Waals surface area contributed by atoms with Crippen LogP contribution >= 0.6 is 17.0 Å². The summed E-state index contributed by atoms with van der Waals surface area (Å²) < 4.78 is 2.53. The van der Waals surface area contributed by atoms with Crippen LogP contribution in [0.1, 0.15) is 93.3 Å². The van der Waals surface area contributed by atoms with Gasteiger partial charge in [0.25, 0.3) is 0 Å². The molecule has 0 amide bonds. The van der Waals surface area contributed by atoms with Crippen LogP contribution in [0, 0.1) is 0 Å². The first-order chi connectivity index (χ1) is 29.5. The Labute approximate surface area is 390 Å². The van der Waals surface area contributed by atoms with Crippen LogP contribution in [0.25, 0.3) is 45.6 Å². The van der Waals surface area contributed by atoms with E-state index in [4.69, 9.17) is 0 Å². The van der Waals surface area contributed by atoms with E-state index in [9.17, 15) is 17.0 Å². The van der Waals surface area contributed by atoms with E-state index in [1.54, 1.807) is 0 Å². The molecule has 0 spiro atoms. The number of hydrogen-bond donors (Lipinski definition) is 0. The number of fused-ring (bicyclic) bond motifs is 2. The fourth-order valence-corrected chi connectivity index (χ4v) is 52.5. The van der Waals surface area contributed by atoms with E-state index in [1.807, 2.05) is 0 Å². The third-order valence-corrected chi connectivity index (χ3v) is 40.5. The molecule has 6 aromatic carbocycles. The molecule has 2 atom stereocenters. The van der Waals surface area contributed by atoms with E-state index >= 15 is 0 Å². The molecular formula is C56H65BCl2NSi2Zr. The fourth-order valence-electron chi connectivity index (χ4n) is 11.2. The normalized spacial score (nSPS) is 17.4. The Morgan fingerprint density at radius 3 is 1.13 bits per heavy atom. The van der Waals surface area contributed by atoms with Crippen LogP contribution in [-0.2, 0) is 27.0 Å². The predicted octanol–water partition coefficient (Wildman–Crippen LogP) is 16.7. The number of benzene rings is 6. The van der Waals surface area contributed by atoms with Crippen LogP contribution in [-0.4, -0.2) is 25.6 Å². The third kappa shape index (κ3) is 8.54. The summed E-state index contributed by atoms with van der Waals surface area (Å²) >= 11 is -5.69. The molecule has 0 bridgehead atoms. The van der Waals surface area contributed by atoms with Gasteiger partial charge in [-0.1, -0.05) is 0 Å². The maximum atomic E-state index is 9.46. The van der Waals surface area contributed by atoms with Crippen LogP contribution in [0.3, 0.4) is 0 Å². The second-order valence-electron chi connectivity index (χ2n) is 22.3. The van der Waals surface area contributed by atoms with Gasteiger partial charge in [-0.3, -0.25) is 0 Å². The van der Waals surface area contributed by atoms with Gasteiger partial charge in [-0.25, -0.2) is 0 Å². The summed E-state index contributed by atoms with van der Waals surface area (Å²) in [5.74, 6) is 0. The molecule has 0 saturated heterocycles. The summed E-state index contributed by atoms with van der Waals surface area (Å²) in [6, 6.07) is 54.0. The SMILES string of the molecule is CC(C)(C)c1ccccc1-c1cccc2c1C=C(c1ccccc1)[CH]2[Zr]([Cl])([Cl])([BH]N([Si](C)(C)C)[Si](C)(C)C)[CH]1C(c2ccccc2)=Cc2c(-c3ccccc3C(C)(C)C)cccc21. The molecule has 2 aliphatic carbocycles. The average Bonchev–Trinajstić information content (AvgIpc) is 3.84. The minimum atomic E-state index is -5.69. The molecule has 8 rings (SSSR count). The summed E-state index contributed by atoms with van der Waals surface area (Å²) in [7, 11) is 14.9. The molecule has 0 fully saturated rings. The van der Waals surface area contributed by atoms with E-state index in [0.717, 1.165) is 0 Å². The summed E-state index contributed by atoms with van der Waals surface area (Å²) in [4.78, 5) is 0.712. The van der Waals surface area contributed by atoms with E-state index in [0.29, 0.717) is 4.95 Å². The van der Waals surface area contributed by atoms with Gasteiger partial charge in [0.1, 0.15) is 0 Å². The van der Waals surface area contributed by atoms with Crippen molar-refractivity contribution < 1.29 is 16.2 Å². The topological polar surface area (TPSA) is 3.24 Å². The Hall–Kier alpha value is -3.28. The maximum absolute atomic E-state index is 9.46. The van der Waals surface area contributed by atoms with Crippen molar-refractivity contribution in [3.05, 3.63) is 190 Å². The third-order valence-electron chi connectivity index (χ3n) is 13.6. The van der Waals surface area contributed by atoms with E-state index < -0.39 is 32.6 Å². The van der Waals surface area contributed by atoms with Gasteiger partial charge in [0.05, 0.1) is 0 Å². The van der Waals surface area contributed by atoms with Gasteiger partial charge >= 0.3 is 393 Å². The molecule has 6 aromatic rings. The quantitative estimate of drug-likeness (QED) is 0.124. The second-order valence-corrected chi connectivity index (χ2v) is 54.5. The van der Waals surface area contributed by atoms with Crippen molar-refractivity contribution in [3.63, 3.8) is 0 Å². The van der Waals surface area contributed by atoms with Crippen molar-refractivity contribution in [2.75, 3.05) is 0 Å². The van der Waals surface area contributed by atoms with Crippen molar-refractivity contribution >= 4 is 61.7 Å². The minimum absolute atomic E-state index is 0.0477. The molecule has 0 aliphatic heterocycles. The summed E-state index contributed by atoms with van der Waals surface area (Å²) in [6.45, 7) is 29.0. The van der Waals surface area contributed by atoms with Gasteiger partial charge < -0.3 is 0 Å². The number of nitrogens with zero attached hydrogens (tertiary/aromatic N) is 1. The molecular weight excluding hydrogens is 916 g/mol. The first-order valence-electron chi connectivity index (χ1n) is 22.8. The molecule has 0 aromatic heterocycles. The molecule has 0 heterocycles. The summed E-state index contributed by atoms with van der Waals surface area (Å²) in [6.07, 6.45) is 4.99. The number of rotatable bonds is 10. The molecule has 0 N–H and O–H groups in total. The van der Waals surface area contributed by atoms with Crippen molar-refractivity contribution in [3.8, 4) is 22.3 Å². The van der Waals surface area contributed by atoms with Crippen molar-refractivity contribution in [2.45, 2.75) is 98.9 Å². The standard InChI is InChI=1S/2C25H23.C6H19BNSi2.2ClH.Zr/c2*1-25(2,3)24-15-8-7-13-22(24)21-14-9-12-19-16-20(17-23(19)21)18-10-5-4-6-11-18;1-9(2,3)8(7)10(4,5)6;;;/h2*4-17H,1-3H3;7H,1-6H3;2*1H;/q;;+1;;;+1/p-2. The molecule has 7 heteroatoms. The van der Waals surface area contributed by atoms with Crippen LogP contribution in [0.4, 0.5) is 0 Å². The molecule has 1 nitrogen and oxygen atoms in total. The van der Waals surface area contributed by atoms with E-state index in [2.05, 4.69) is 243 Å². The Morgan fingerprint density at radius 2 is 0.778 bits per heavy atom. The van der Waals surface area contributed by atoms with Gasteiger partial charge in [-0.05, 0) is 0 Å². The molecule has 2 aliphatic rings. The molecule has 2 unspecified atom stereocenters. The molecule has 323 valence electrons. The van der Waals surface area contributed by atoms with Crippen LogP contribution in [0.2, 0.25) is 39.3 Å². The van der Waals surface area contributed by atoms with Crippen molar-refractivity contribution in [1.29, 1.82) is 0 Å².